The Labute approximate surface area is 218 Å². The van der Waals surface area contributed by atoms with Crippen molar-refractivity contribution in [2.24, 2.45) is 0 Å². The van der Waals surface area contributed by atoms with Gasteiger partial charge in [0.2, 0.25) is 5.91 Å². The molecule has 10 heteroatoms. The lowest BCUT2D eigenvalue weighted by Crippen LogP contribution is -2.39. The smallest absolute Gasteiger partial charge is 0.274 e. The summed E-state index contributed by atoms with van der Waals surface area (Å²) in [7, 11) is 1.58. The number of aromatic nitrogens is 2. The highest BCUT2D eigenvalue weighted by atomic mass is 16.5. The monoisotopic (exact) mass is 510 g/mol. The summed E-state index contributed by atoms with van der Waals surface area (Å²) >= 11 is 0. The van der Waals surface area contributed by atoms with E-state index < -0.39 is 0 Å². The number of benzene rings is 1. The lowest BCUT2D eigenvalue weighted by molar-refractivity contribution is -0.121. The number of carbonyl (C=O) groups excluding carboxylic acids is 3. The molecule has 0 atom stereocenters. The topological polar surface area (TPSA) is 100 Å². The molecule has 0 aliphatic carbocycles. The maximum Gasteiger partial charge on any atom is 0.274 e. The molecule has 3 heterocycles. The molecule has 2 aliphatic rings. The zero-order valence-electron chi connectivity index (χ0n) is 21.7. The second-order valence-electron chi connectivity index (χ2n) is 9.64. The molecule has 1 fully saturated rings. The standard InChI is InChI=1S/C27H38N6O4/c1-37-19-18-31(16-10-25(34)28-11-17-30-12-5-6-13-30)26(35)23-20-24-27(36)32(14-7-15-33(24)29-23)21-22-8-3-2-4-9-22/h2-4,8-9,20H,5-7,10-19,21H2,1H3,(H,28,34). The molecule has 10 nitrogen and oxygen atoms in total. The SMILES string of the molecule is COCCN(CCC(=O)NCCN1CCCC1)C(=O)c1cc2n(n1)CCCN(Cc1ccccc1)C2=O. The van der Waals surface area contributed by atoms with Gasteiger partial charge < -0.3 is 24.8 Å². The van der Waals surface area contributed by atoms with Crippen molar-refractivity contribution in [3.8, 4) is 0 Å². The summed E-state index contributed by atoms with van der Waals surface area (Å²) < 4.78 is 6.83. The molecule has 0 unspecified atom stereocenters. The van der Waals surface area contributed by atoms with Crippen LogP contribution >= 0.6 is 0 Å². The second-order valence-corrected chi connectivity index (χ2v) is 9.64. The number of methoxy groups -OCH3 is 1. The van der Waals surface area contributed by atoms with E-state index in [1.54, 1.807) is 27.7 Å². The first-order valence-corrected chi connectivity index (χ1v) is 13.2. The van der Waals surface area contributed by atoms with Gasteiger partial charge in [0.25, 0.3) is 11.8 Å². The zero-order valence-corrected chi connectivity index (χ0v) is 21.7. The van der Waals surface area contributed by atoms with Gasteiger partial charge in [0.15, 0.2) is 5.69 Å². The fourth-order valence-electron chi connectivity index (χ4n) is 4.86. The number of fused-ring (bicyclic) bond motifs is 1. The molecule has 2 aliphatic heterocycles. The van der Waals surface area contributed by atoms with Crippen LogP contribution in [0.5, 0.6) is 0 Å². The van der Waals surface area contributed by atoms with Gasteiger partial charge in [-0.2, -0.15) is 5.10 Å². The van der Waals surface area contributed by atoms with Crippen LogP contribution in [-0.4, -0.2) is 102 Å². The fraction of sp³-hybridized carbons (Fsp3) is 0.556. The van der Waals surface area contributed by atoms with E-state index >= 15 is 0 Å². The number of aryl methyl sites for hydroxylation is 1. The molecule has 2 aromatic rings. The van der Waals surface area contributed by atoms with Crippen LogP contribution in [0, 0.1) is 0 Å². The van der Waals surface area contributed by atoms with Crippen molar-refractivity contribution in [1.82, 2.24) is 29.8 Å². The third-order valence-corrected chi connectivity index (χ3v) is 6.93. The van der Waals surface area contributed by atoms with Gasteiger partial charge >= 0.3 is 0 Å². The Hall–Kier alpha value is -3.24. The molecule has 0 spiro atoms. The quantitative estimate of drug-likeness (QED) is 0.466. The van der Waals surface area contributed by atoms with Gasteiger partial charge in [-0.05, 0) is 37.9 Å². The first-order chi connectivity index (χ1) is 18.0. The number of nitrogens with one attached hydrogen (secondary N) is 1. The lowest BCUT2D eigenvalue weighted by atomic mass is 10.2. The molecule has 0 radical (unpaired) electrons. The van der Waals surface area contributed by atoms with Gasteiger partial charge in [0, 0.05) is 65.4 Å². The number of ether oxygens (including phenoxy) is 1. The minimum absolute atomic E-state index is 0.0817. The van der Waals surface area contributed by atoms with Crippen LogP contribution in [0.25, 0.3) is 0 Å². The molecule has 1 aromatic carbocycles. The molecule has 0 saturated carbocycles. The van der Waals surface area contributed by atoms with Gasteiger partial charge in [-0.1, -0.05) is 30.3 Å². The highest BCUT2D eigenvalue weighted by molar-refractivity contribution is 5.98. The van der Waals surface area contributed by atoms with E-state index in [2.05, 4.69) is 15.3 Å². The minimum Gasteiger partial charge on any atom is -0.383 e. The molecular formula is C27H38N6O4. The zero-order chi connectivity index (χ0) is 26.0. The minimum atomic E-state index is -0.301. The number of hydrogen-bond donors (Lipinski definition) is 1. The Balaban J connectivity index is 1.36. The number of hydrogen-bond acceptors (Lipinski definition) is 6. The average Bonchev–Trinajstić information content (AvgIpc) is 3.56. The second kappa shape index (κ2) is 13.3. The van der Waals surface area contributed by atoms with Crippen LogP contribution in [0.2, 0.25) is 0 Å². The Morgan fingerprint density at radius 3 is 2.59 bits per heavy atom. The fourth-order valence-corrected chi connectivity index (χ4v) is 4.86. The van der Waals surface area contributed by atoms with Crippen LogP contribution in [0.1, 0.15) is 52.2 Å². The van der Waals surface area contributed by atoms with E-state index in [0.717, 1.165) is 31.6 Å². The number of rotatable bonds is 12. The van der Waals surface area contributed by atoms with E-state index in [-0.39, 0.29) is 36.4 Å². The van der Waals surface area contributed by atoms with Gasteiger partial charge in [-0.15, -0.1) is 0 Å². The molecule has 1 aromatic heterocycles. The summed E-state index contributed by atoms with van der Waals surface area (Å²) in [6.07, 6.45) is 3.40. The predicted octanol–water partition coefficient (Wildman–Crippen LogP) is 1.62. The van der Waals surface area contributed by atoms with Gasteiger partial charge in [-0.25, -0.2) is 0 Å². The largest absolute Gasteiger partial charge is 0.383 e. The molecule has 1 saturated heterocycles. The normalized spacial score (nSPS) is 15.9. The number of likely N-dealkylation sites (tertiary alicyclic amines) is 1. The number of carbonyl (C=O) groups is 3. The lowest BCUT2D eigenvalue weighted by Gasteiger charge is -2.22. The summed E-state index contributed by atoms with van der Waals surface area (Å²) in [4.78, 5) is 44.8. The molecule has 0 bridgehead atoms. The van der Waals surface area contributed by atoms with Crippen LogP contribution < -0.4 is 5.32 Å². The summed E-state index contributed by atoms with van der Waals surface area (Å²) in [6, 6.07) is 11.5. The van der Waals surface area contributed by atoms with Crippen LogP contribution in [0.4, 0.5) is 0 Å². The first-order valence-electron chi connectivity index (χ1n) is 13.2. The van der Waals surface area contributed by atoms with Crippen molar-refractivity contribution in [2.75, 3.05) is 59.5 Å². The highest BCUT2D eigenvalue weighted by Crippen LogP contribution is 2.18. The Morgan fingerprint density at radius 2 is 1.84 bits per heavy atom. The van der Waals surface area contributed by atoms with Crippen molar-refractivity contribution >= 4 is 17.7 Å². The maximum atomic E-state index is 13.4. The van der Waals surface area contributed by atoms with E-state index in [1.165, 1.54) is 12.8 Å². The van der Waals surface area contributed by atoms with E-state index in [1.807, 2.05) is 30.3 Å². The Bertz CT molecular complexity index is 1050. The van der Waals surface area contributed by atoms with Crippen molar-refractivity contribution in [1.29, 1.82) is 0 Å². The van der Waals surface area contributed by atoms with Gasteiger partial charge in [-0.3, -0.25) is 19.1 Å². The van der Waals surface area contributed by atoms with Crippen LogP contribution in [0.15, 0.2) is 36.4 Å². The van der Waals surface area contributed by atoms with E-state index in [9.17, 15) is 14.4 Å². The Kier molecular flexibility index (Phi) is 9.67. The summed E-state index contributed by atoms with van der Waals surface area (Å²) in [6.45, 7) is 6.31. The molecular weight excluding hydrogens is 472 g/mol. The van der Waals surface area contributed by atoms with E-state index in [4.69, 9.17) is 4.74 Å². The van der Waals surface area contributed by atoms with Crippen molar-refractivity contribution in [3.05, 3.63) is 53.3 Å². The van der Waals surface area contributed by atoms with Gasteiger partial charge in [0.05, 0.1) is 6.61 Å². The van der Waals surface area contributed by atoms with Crippen molar-refractivity contribution < 1.29 is 19.1 Å². The summed E-state index contributed by atoms with van der Waals surface area (Å²) in [5.41, 5.74) is 1.70. The third kappa shape index (κ3) is 7.39. The summed E-state index contributed by atoms with van der Waals surface area (Å²) in [5, 5.41) is 7.44. The Morgan fingerprint density at radius 1 is 1.05 bits per heavy atom. The molecule has 3 amide bonds. The van der Waals surface area contributed by atoms with Crippen LogP contribution in [0.3, 0.4) is 0 Å². The molecule has 1 N–H and O–H groups in total. The number of nitrogens with zero attached hydrogens (tertiary/aromatic N) is 5. The molecule has 200 valence electrons. The molecule has 37 heavy (non-hydrogen) atoms. The summed E-state index contributed by atoms with van der Waals surface area (Å²) in [5.74, 6) is -0.514. The molecule has 4 rings (SSSR count). The predicted molar refractivity (Wildman–Crippen MR) is 139 cm³/mol. The average molecular weight is 511 g/mol. The van der Waals surface area contributed by atoms with Gasteiger partial charge in [0.1, 0.15) is 5.69 Å². The van der Waals surface area contributed by atoms with E-state index in [0.29, 0.717) is 45.0 Å². The van der Waals surface area contributed by atoms with Crippen molar-refractivity contribution in [3.63, 3.8) is 0 Å². The van der Waals surface area contributed by atoms with Crippen LogP contribution in [-0.2, 0) is 22.6 Å². The number of amides is 3. The highest BCUT2D eigenvalue weighted by Gasteiger charge is 2.28. The van der Waals surface area contributed by atoms with Crippen molar-refractivity contribution in [2.45, 2.75) is 38.8 Å². The maximum absolute atomic E-state index is 13.4. The first kappa shape index (κ1) is 26.8. The third-order valence-electron chi connectivity index (χ3n) is 6.93.